The number of esters is 1. The van der Waals surface area contributed by atoms with Crippen LogP contribution in [-0.2, 0) is 26.1 Å². The zero-order chi connectivity index (χ0) is 23.3. The standard InChI is InChI=1S/C21H18F2N2O6S/c1-13-4-6-16(32(28,29)24-11-15-3-2-8-30-15)10-17(13)21(27)31-12-20(26)25-14-5-7-18(22)19(23)9-14/h2-10,24H,11-12H2,1H3,(H,25,26). The highest BCUT2D eigenvalue weighted by Crippen LogP contribution is 2.18. The van der Waals surface area contributed by atoms with Gasteiger partial charge in [-0.1, -0.05) is 6.07 Å². The second-order valence-corrected chi connectivity index (χ2v) is 8.40. The summed E-state index contributed by atoms with van der Waals surface area (Å²) in [5.74, 6) is -3.52. The van der Waals surface area contributed by atoms with Crippen molar-refractivity contribution in [2.75, 3.05) is 11.9 Å². The van der Waals surface area contributed by atoms with Crippen molar-refractivity contribution in [2.45, 2.75) is 18.4 Å². The SMILES string of the molecule is Cc1ccc(S(=O)(=O)NCc2ccco2)cc1C(=O)OCC(=O)Nc1ccc(F)c(F)c1. The predicted octanol–water partition coefficient (Wildman–Crippen LogP) is 3.14. The number of amides is 1. The van der Waals surface area contributed by atoms with Crippen molar-refractivity contribution in [2.24, 2.45) is 0 Å². The van der Waals surface area contributed by atoms with E-state index in [1.165, 1.54) is 18.4 Å². The van der Waals surface area contributed by atoms with Crippen molar-refractivity contribution in [3.63, 3.8) is 0 Å². The van der Waals surface area contributed by atoms with Crippen molar-refractivity contribution in [3.05, 3.63) is 83.3 Å². The quantitative estimate of drug-likeness (QED) is 0.495. The Labute approximate surface area is 182 Å². The van der Waals surface area contributed by atoms with Crippen molar-refractivity contribution in [3.8, 4) is 0 Å². The molecule has 1 heterocycles. The molecular weight excluding hydrogens is 446 g/mol. The van der Waals surface area contributed by atoms with E-state index >= 15 is 0 Å². The lowest BCUT2D eigenvalue weighted by atomic mass is 10.1. The molecule has 1 aromatic heterocycles. The third-order valence-electron chi connectivity index (χ3n) is 4.29. The van der Waals surface area contributed by atoms with Gasteiger partial charge >= 0.3 is 5.97 Å². The molecule has 32 heavy (non-hydrogen) atoms. The number of furan rings is 1. The van der Waals surface area contributed by atoms with Crippen LogP contribution in [-0.4, -0.2) is 26.9 Å². The molecule has 0 saturated carbocycles. The molecule has 0 spiro atoms. The molecule has 11 heteroatoms. The van der Waals surface area contributed by atoms with Crippen LogP contribution in [0, 0.1) is 18.6 Å². The molecule has 2 N–H and O–H groups in total. The van der Waals surface area contributed by atoms with Crippen LogP contribution in [0.4, 0.5) is 14.5 Å². The van der Waals surface area contributed by atoms with Crippen LogP contribution in [0.1, 0.15) is 21.7 Å². The first-order valence-corrected chi connectivity index (χ1v) is 10.7. The highest BCUT2D eigenvalue weighted by atomic mass is 32.2. The van der Waals surface area contributed by atoms with E-state index in [0.29, 0.717) is 11.3 Å². The minimum atomic E-state index is -3.95. The number of ether oxygens (including phenoxy) is 1. The van der Waals surface area contributed by atoms with Crippen LogP contribution < -0.4 is 10.0 Å². The van der Waals surface area contributed by atoms with Crippen LogP contribution in [0.2, 0.25) is 0 Å². The van der Waals surface area contributed by atoms with E-state index in [1.54, 1.807) is 19.1 Å². The number of halogens is 2. The molecule has 8 nitrogen and oxygen atoms in total. The number of aryl methyl sites for hydroxylation is 1. The first-order chi connectivity index (χ1) is 15.2. The Balaban J connectivity index is 1.64. The summed E-state index contributed by atoms with van der Waals surface area (Å²) >= 11 is 0. The lowest BCUT2D eigenvalue weighted by molar-refractivity contribution is -0.119. The van der Waals surface area contributed by atoms with Crippen molar-refractivity contribution >= 4 is 27.6 Å². The zero-order valence-electron chi connectivity index (χ0n) is 16.7. The maximum absolute atomic E-state index is 13.2. The van der Waals surface area contributed by atoms with Gasteiger partial charge in [0.05, 0.1) is 23.3 Å². The molecule has 0 fully saturated rings. The molecule has 0 atom stereocenters. The van der Waals surface area contributed by atoms with Gasteiger partial charge in [-0.25, -0.2) is 26.7 Å². The first-order valence-electron chi connectivity index (χ1n) is 9.20. The number of sulfonamides is 1. The summed E-state index contributed by atoms with van der Waals surface area (Å²) in [5.41, 5.74) is 0.365. The lowest BCUT2D eigenvalue weighted by Crippen LogP contribution is -2.24. The average Bonchev–Trinajstić information content (AvgIpc) is 3.27. The molecule has 168 valence electrons. The summed E-state index contributed by atoms with van der Waals surface area (Å²) in [4.78, 5) is 24.2. The number of hydrogen-bond donors (Lipinski definition) is 2. The predicted molar refractivity (Wildman–Crippen MR) is 109 cm³/mol. The highest BCUT2D eigenvalue weighted by Gasteiger charge is 2.20. The fourth-order valence-electron chi connectivity index (χ4n) is 2.63. The fourth-order valence-corrected chi connectivity index (χ4v) is 3.65. The molecule has 0 saturated heterocycles. The maximum Gasteiger partial charge on any atom is 0.338 e. The second kappa shape index (κ2) is 9.71. The van der Waals surface area contributed by atoms with E-state index < -0.39 is 40.1 Å². The summed E-state index contributed by atoms with van der Waals surface area (Å²) in [7, 11) is -3.95. The minimum Gasteiger partial charge on any atom is -0.468 e. The van der Waals surface area contributed by atoms with Gasteiger partial charge in [0.25, 0.3) is 5.91 Å². The van der Waals surface area contributed by atoms with Gasteiger partial charge in [0.1, 0.15) is 5.76 Å². The third-order valence-corrected chi connectivity index (χ3v) is 5.69. The van der Waals surface area contributed by atoms with E-state index in [4.69, 9.17) is 9.15 Å². The normalized spacial score (nSPS) is 11.2. The maximum atomic E-state index is 13.2. The Morgan fingerprint density at radius 3 is 2.53 bits per heavy atom. The van der Waals surface area contributed by atoms with Crippen LogP contribution >= 0.6 is 0 Å². The van der Waals surface area contributed by atoms with Gasteiger partial charge < -0.3 is 14.5 Å². The summed E-state index contributed by atoms with van der Waals surface area (Å²) in [5, 5.41) is 2.26. The summed E-state index contributed by atoms with van der Waals surface area (Å²) in [6.45, 7) is 0.781. The van der Waals surface area contributed by atoms with E-state index in [2.05, 4.69) is 10.0 Å². The monoisotopic (exact) mass is 464 g/mol. The van der Waals surface area contributed by atoms with E-state index in [-0.39, 0.29) is 22.7 Å². The number of benzene rings is 2. The molecule has 2 aromatic carbocycles. The van der Waals surface area contributed by atoms with E-state index in [9.17, 15) is 26.8 Å². The first kappa shape index (κ1) is 23.1. The topological polar surface area (TPSA) is 115 Å². The van der Waals surface area contributed by atoms with Crippen molar-refractivity contribution < 1.29 is 35.9 Å². The van der Waals surface area contributed by atoms with Gasteiger partial charge in [0, 0.05) is 11.8 Å². The molecular formula is C21H18F2N2O6S. The Morgan fingerprint density at radius 2 is 1.84 bits per heavy atom. The van der Waals surface area contributed by atoms with Crippen molar-refractivity contribution in [1.29, 1.82) is 0 Å². The molecule has 1 amide bonds. The fraction of sp³-hybridized carbons (Fsp3) is 0.143. The smallest absolute Gasteiger partial charge is 0.338 e. The Hall–Kier alpha value is -3.57. The number of hydrogen-bond acceptors (Lipinski definition) is 6. The zero-order valence-corrected chi connectivity index (χ0v) is 17.5. The molecule has 0 bridgehead atoms. The van der Waals surface area contributed by atoms with Gasteiger partial charge in [-0.3, -0.25) is 4.79 Å². The van der Waals surface area contributed by atoms with Crippen LogP contribution in [0.15, 0.2) is 64.1 Å². The molecule has 3 aromatic rings. The molecule has 0 unspecified atom stereocenters. The van der Waals surface area contributed by atoms with E-state index in [0.717, 1.165) is 24.3 Å². The summed E-state index contributed by atoms with van der Waals surface area (Å²) in [6, 6.07) is 9.88. The van der Waals surface area contributed by atoms with Crippen LogP contribution in [0.5, 0.6) is 0 Å². The molecule has 0 aliphatic rings. The number of anilines is 1. The average molecular weight is 464 g/mol. The minimum absolute atomic E-state index is 0.0168. The van der Waals surface area contributed by atoms with E-state index in [1.807, 2.05) is 0 Å². The molecule has 0 aliphatic carbocycles. The molecule has 0 aliphatic heterocycles. The Kier molecular flexibility index (Phi) is 7.01. The number of rotatable bonds is 8. The summed E-state index contributed by atoms with van der Waals surface area (Å²) in [6.07, 6.45) is 1.41. The van der Waals surface area contributed by atoms with Crippen LogP contribution in [0.3, 0.4) is 0 Å². The van der Waals surface area contributed by atoms with Gasteiger partial charge in [0.15, 0.2) is 18.2 Å². The Morgan fingerprint density at radius 1 is 1.06 bits per heavy atom. The van der Waals surface area contributed by atoms with Crippen LogP contribution in [0.25, 0.3) is 0 Å². The molecule has 3 rings (SSSR count). The van der Waals surface area contributed by atoms with Gasteiger partial charge in [-0.05, 0) is 48.9 Å². The third kappa shape index (κ3) is 5.77. The number of nitrogens with one attached hydrogen (secondary N) is 2. The second-order valence-electron chi connectivity index (χ2n) is 6.63. The highest BCUT2D eigenvalue weighted by molar-refractivity contribution is 7.89. The Bertz CT molecular complexity index is 1240. The van der Waals surface area contributed by atoms with Crippen molar-refractivity contribution in [1.82, 2.24) is 4.72 Å². The van der Waals surface area contributed by atoms with Gasteiger partial charge in [-0.15, -0.1) is 0 Å². The summed E-state index contributed by atoms with van der Waals surface area (Å²) < 4.78 is 63.5. The largest absolute Gasteiger partial charge is 0.468 e. The molecule has 0 radical (unpaired) electrons. The lowest BCUT2D eigenvalue weighted by Gasteiger charge is -2.11. The number of carbonyl (C=O) groups is 2. The van der Waals surface area contributed by atoms with Gasteiger partial charge in [0.2, 0.25) is 10.0 Å². The number of carbonyl (C=O) groups excluding carboxylic acids is 2. The van der Waals surface area contributed by atoms with Gasteiger partial charge in [-0.2, -0.15) is 0 Å².